The molecule has 106 valence electrons. The first-order chi connectivity index (χ1) is 8.29. The Balaban J connectivity index is 2.24. The van der Waals surface area contributed by atoms with E-state index >= 15 is 0 Å². The number of hydrogen-bond acceptors (Lipinski definition) is 2. The van der Waals surface area contributed by atoms with Crippen molar-refractivity contribution in [3.8, 4) is 0 Å². The van der Waals surface area contributed by atoms with Crippen molar-refractivity contribution in [2.45, 2.75) is 65.9 Å². The summed E-state index contributed by atoms with van der Waals surface area (Å²) < 4.78 is 0. The van der Waals surface area contributed by atoms with Crippen LogP contribution in [0, 0.1) is 17.3 Å². The molecule has 0 aromatic rings. The lowest BCUT2D eigenvalue weighted by Gasteiger charge is -2.28. The molecule has 18 heavy (non-hydrogen) atoms. The minimum atomic E-state index is -0.158. The highest BCUT2D eigenvalue weighted by molar-refractivity contribution is 5.76. The van der Waals surface area contributed by atoms with E-state index in [0.717, 1.165) is 32.2 Å². The molecule has 3 unspecified atom stereocenters. The molecule has 1 aliphatic carbocycles. The zero-order valence-corrected chi connectivity index (χ0v) is 12.3. The Morgan fingerprint density at radius 2 is 2.06 bits per heavy atom. The molecule has 3 nitrogen and oxygen atoms in total. The van der Waals surface area contributed by atoms with E-state index in [-0.39, 0.29) is 17.4 Å². The smallest absolute Gasteiger partial charge is 0.220 e. The summed E-state index contributed by atoms with van der Waals surface area (Å²) >= 11 is 0. The summed E-state index contributed by atoms with van der Waals surface area (Å²) in [5, 5.41) is 12.6. The Kier molecular flexibility index (Phi) is 5.64. The van der Waals surface area contributed by atoms with Gasteiger partial charge in [0.1, 0.15) is 0 Å². The predicted molar refractivity (Wildman–Crippen MR) is 74.2 cm³/mol. The summed E-state index contributed by atoms with van der Waals surface area (Å²) in [5.41, 5.74) is 0.179. The lowest BCUT2D eigenvalue weighted by Crippen LogP contribution is -2.34. The molecule has 1 amide bonds. The number of nitrogens with one attached hydrogen (secondary N) is 1. The molecule has 0 aromatic heterocycles. The molecule has 1 aliphatic rings. The topological polar surface area (TPSA) is 49.3 Å². The third-order valence-corrected chi connectivity index (χ3v) is 4.31. The molecule has 3 atom stereocenters. The number of carbonyl (C=O) groups excluding carboxylic acids is 1. The minimum Gasteiger partial charge on any atom is -0.393 e. The van der Waals surface area contributed by atoms with Gasteiger partial charge in [0.25, 0.3) is 0 Å². The van der Waals surface area contributed by atoms with Crippen molar-refractivity contribution >= 4 is 5.91 Å². The van der Waals surface area contributed by atoms with E-state index in [9.17, 15) is 9.90 Å². The molecule has 0 spiro atoms. The standard InChI is InChI=1S/C15H29NO2/c1-11(15(2,3)4)8-14(18)16-10-12-6-5-7-13(17)9-12/h11-13,17H,5-10H2,1-4H3,(H,16,18). The first-order valence-corrected chi connectivity index (χ1v) is 7.23. The predicted octanol–water partition coefficient (Wildman–Crippen LogP) is 2.73. The third kappa shape index (κ3) is 5.38. The van der Waals surface area contributed by atoms with Crippen LogP contribution >= 0.6 is 0 Å². The van der Waals surface area contributed by atoms with E-state index in [1.54, 1.807) is 0 Å². The zero-order chi connectivity index (χ0) is 13.8. The van der Waals surface area contributed by atoms with E-state index in [4.69, 9.17) is 0 Å². The van der Waals surface area contributed by atoms with Gasteiger partial charge in [0.2, 0.25) is 5.91 Å². The highest BCUT2D eigenvalue weighted by atomic mass is 16.3. The molecule has 1 rings (SSSR count). The van der Waals surface area contributed by atoms with Crippen LogP contribution in [-0.4, -0.2) is 23.7 Å². The molecule has 2 N–H and O–H groups in total. The summed E-state index contributed by atoms with van der Waals surface area (Å²) in [4.78, 5) is 11.9. The maximum Gasteiger partial charge on any atom is 0.220 e. The fourth-order valence-electron chi connectivity index (χ4n) is 2.36. The van der Waals surface area contributed by atoms with Crippen molar-refractivity contribution in [1.29, 1.82) is 0 Å². The number of amides is 1. The van der Waals surface area contributed by atoms with Gasteiger partial charge in [0, 0.05) is 13.0 Å². The third-order valence-electron chi connectivity index (χ3n) is 4.31. The van der Waals surface area contributed by atoms with Gasteiger partial charge in [-0.05, 0) is 36.5 Å². The van der Waals surface area contributed by atoms with Crippen LogP contribution in [0.25, 0.3) is 0 Å². The first-order valence-electron chi connectivity index (χ1n) is 7.23. The fraction of sp³-hybridized carbons (Fsp3) is 0.933. The maximum atomic E-state index is 11.9. The van der Waals surface area contributed by atoms with Crippen LogP contribution in [-0.2, 0) is 4.79 Å². The molecule has 0 aliphatic heterocycles. The summed E-state index contributed by atoms with van der Waals surface area (Å²) in [6, 6.07) is 0. The molecule has 0 radical (unpaired) electrons. The second-order valence-electron chi connectivity index (χ2n) is 6.96. The fourth-order valence-corrected chi connectivity index (χ4v) is 2.36. The molecule has 1 saturated carbocycles. The van der Waals surface area contributed by atoms with Crippen LogP contribution in [0.1, 0.15) is 59.8 Å². The molecule has 1 fully saturated rings. The van der Waals surface area contributed by atoms with E-state index < -0.39 is 0 Å². The lowest BCUT2D eigenvalue weighted by molar-refractivity contribution is -0.123. The Morgan fingerprint density at radius 1 is 1.39 bits per heavy atom. The maximum absolute atomic E-state index is 11.9. The van der Waals surface area contributed by atoms with Gasteiger partial charge in [-0.15, -0.1) is 0 Å². The minimum absolute atomic E-state index is 0.150. The zero-order valence-electron chi connectivity index (χ0n) is 12.3. The van der Waals surface area contributed by atoms with Crippen LogP contribution in [0.4, 0.5) is 0 Å². The van der Waals surface area contributed by atoms with E-state index in [0.29, 0.717) is 18.3 Å². The van der Waals surface area contributed by atoms with Gasteiger partial charge >= 0.3 is 0 Å². The first kappa shape index (κ1) is 15.5. The number of carbonyl (C=O) groups is 1. The number of aliphatic hydroxyl groups is 1. The SMILES string of the molecule is CC(CC(=O)NCC1CCCC(O)C1)C(C)(C)C. The summed E-state index contributed by atoms with van der Waals surface area (Å²) in [6.45, 7) is 9.37. The van der Waals surface area contributed by atoms with E-state index in [1.807, 2.05) is 0 Å². The Labute approximate surface area is 111 Å². The van der Waals surface area contributed by atoms with Crippen molar-refractivity contribution in [2.24, 2.45) is 17.3 Å². The van der Waals surface area contributed by atoms with Crippen LogP contribution in [0.2, 0.25) is 0 Å². The van der Waals surface area contributed by atoms with Crippen molar-refractivity contribution in [3.63, 3.8) is 0 Å². The lowest BCUT2D eigenvalue weighted by atomic mass is 9.80. The van der Waals surface area contributed by atoms with Gasteiger partial charge in [-0.25, -0.2) is 0 Å². The van der Waals surface area contributed by atoms with Gasteiger partial charge in [0.05, 0.1) is 6.10 Å². The molecule has 0 heterocycles. The van der Waals surface area contributed by atoms with Gasteiger partial charge in [-0.3, -0.25) is 4.79 Å². The van der Waals surface area contributed by atoms with Crippen LogP contribution in [0.15, 0.2) is 0 Å². The highest BCUT2D eigenvalue weighted by Gasteiger charge is 2.24. The normalized spacial score (nSPS) is 26.7. The second-order valence-corrected chi connectivity index (χ2v) is 6.96. The largest absolute Gasteiger partial charge is 0.393 e. The molecule has 0 bridgehead atoms. The number of aliphatic hydroxyl groups excluding tert-OH is 1. The van der Waals surface area contributed by atoms with Gasteiger partial charge < -0.3 is 10.4 Å². The van der Waals surface area contributed by atoms with Crippen molar-refractivity contribution in [1.82, 2.24) is 5.32 Å². The summed E-state index contributed by atoms with van der Waals surface area (Å²) in [5.74, 6) is 0.995. The quantitative estimate of drug-likeness (QED) is 0.811. The van der Waals surface area contributed by atoms with Crippen LogP contribution < -0.4 is 5.32 Å². The van der Waals surface area contributed by atoms with E-state index in [2.05, 4.69) is 33.0 Å². The van der Waals surface area contributed by atoms with Crippen molar-refractivity contribution in [3.05, 3.63) is 0 Å². The van der Waals surface area contributed by atoms with Crippen molar-refractivity contribution in [2.75, 3.05) is 6.54 Å². The highest BCUT2D eigenvalue weighted by Crippen LogP contribution is 2.28. The average molecular weight is 255 g/mol. The second kappa shape index (κ2) is 6.55. The van der Waals surface area contributed by atoms with Gasteiger partial charge in [-0.2, -0.15) is 0 Å². The molecule has 3 heteroatoms. The van der Waals surface area contributed by atoms with Gasteiger partial charge in [-0.1, -0.05) is 34.1 Å². The average Bonchev–Trinajstić information content (AvgIpc) is 2.25. The Morgan fingerprint density at radius 3 is 2.61 bits per heavy atom. The van der Waals surface area contributed by atoms with Gasteiger partial charge in [0.15, 0.2) is 0 Å². The molecule has 0 aromatic carbocycles. The summed E-state index contributed by atoms with van der Waals surface area (Å²) in [6.07, 6.45) is 4.42. The Bertz CT molecular complexity index is 270. The summed E-state index contributed by atoms with van der Waals surface area (Å²) in [7, 11) is 0. The monoisotopic (exact) mass is 255 g/mol. The molecular weight excluding hydrogens is 226 g/mol. The molecule has 0 saturated heterocycles. The van der Waals surface area contributed by atoms with Crippen LogP contribution in [0.3, 0.4) is 0 Å². The van der Waals surface area contributed by atoms with Crippen molar-refractivity contribution < 1.29 is 9.90 Å². The van der Waals surface area contributed by atoms with E-state index in [1.165, 1.54) is 0 Å². The molecular formula is C15H29NO2. The van der Waals surface area contributed by atoms with Crippen LogP contribution in [0.5, 0.6) is 0 Å². The number of hydrogen-bond donors (Lipinski definition) is 2. The number of rotatable bonds is 4. The Hall–Kier alpha value is -0.570.